The molecule has 100 valence electrons. The third-order valence-electron chi connectivity index (χ3n) is 3.34. The Labute approximate surface area is 111 Å². The van der Waals surface area contributed by atoms with Gasteiger partial charge in [0.05, 0.1) is 18.4 Å². The normalized spacial score (nSPS) is 28.2. The van der Waals surface area contributed by atoms with Crippen LogP contribution in [0, 0.1) is 11.8 Å². The number of hydrogen-bond donors (Lipinski definition) is 1. The Morgan fingerprint density at radius 3 is 2.67 bits per heavy atom. The van der Waals surface area contributed by atoms with Crippen molar-refractivity contribution in [3.63, 3.8) is 0 Å². The minimum Gasteiger partial charge on any atom is -0.476 e. The van der Waals surface area contributed by atoms with Gasteiger partial charge in [0.25, 0.3) is 0 Å². The van der Waals surface area contributed by atoms with E-state index in [9.17, 15) is 4.79 Å². The Bertz CT molecular complexity index is 408. The van der Waals surface area contributed by atoms with Crippen molar-refractivity contribution in [3.05, 3.63) is 16.1 Å². The molecule has 1 fully saturated rings. The summed E-state index contributed by atoms with van der Waals surface area (Å²) in [6.45, 7) is 4.95. The Kier molecular flexibility index (Phi) is 4.35. The molecule has 0 bridgehead atoms. The van der Waals surface area contributed by atoms with Crippen LogP contribution in [0.25, 0.3) is 0 Å². The Hall–Kier alpha value is -0.940. The predicted octanol–water partition coefficient (Wildman–Crippen LogP) is 3.18. The second-order valence-corrected chi connectivity index (χ2v) is 6.16. The van der Waals surface area contributed by atoms with Gasteiger partial charge in [0.15, 0.2) is 0 Å². The molecular weight excluding hydrogens is 250 g/mol. The van der Waals surface area contributed by atoms with E-state index in [1.165, 1.54) is 6.42 Å². The van der Waals surface area contributed by atoms with Crippen molar-refractivity contribution in [3.8, 4) is 0 Å². The van der Waals surface area contributed by atoms with Crippen LogP contribution in [0.2, 0.25) is 0 Å². The number of nitrogens with zero attached hydrogens (tertiary/aromatic N) is 1. The van der Waals surface area contributed by atoms with Crippen LogP contribution in [-0.2, 0) is 11.3 Å². The molecule has 0 radical (unpaired) electrons. The first-order chi connectivity index (χ1) is 8.54. The molecule has 2 unspecified atom stereocenters. The van der Waals surface area contributed by atoms with Crippen molar-refractivity contribution in [1.29, 1.82) is 0 Å². The number of carboxylic acid groups (broad SMARTS) is 1. The summed E-state index contributed by atoms with van der Waals surface area (Å²) in [5.74, 6) is 0.457. The minimum atomic E-state index is -0.967. The van der Waals surface area contributed by atoms with Gasteiger partial charge < -0.3 is 9.84 Å². The van der Waals surface area contributed by atoms with Gasteiger partial charge in [-0.25, -0.2) is 9.78 Å². The molecule has 0 aromatic carbocycles. The first-order valence-electron chi connectivity index (χ1n) is 6.34. The molecule has 1 aliphatic rings. The Morgan fingerprint density at radius 1 is 1.44 bits per heavy atom. The van der Waals surface area contributed by atoms with E-state index >= 15 is 0 Å². The fourth-order valence-corrected chi connectivity index (χ4v) is 3.32. The van der Waals surface area contributed by atoms with E-state index < -0.39 is 5.97 Å². The van der Waals surface area contributed by atoms with Gasteiger partial charge >= 0.3 is 5.97 Å². The zero-order valence-corrected chi connectivity index (χ0v) is 11.6. The molecule has 1 N–H and O–H groups in total. The molecule has 1 heterocycles. The summed E-state index contributed by atoms with van der Waals surface area (Å²) in [6.07, 6.45) is 3.76. The highest BCUT2D eigenvalue weighted by molar-refractivity contribution is 7.11. The average molecular weight is 269 g/mol. The van der Waals surface area contributed by atoms with Crippen molar-refractivity contribution in [2.45, 2.75) is 45.8 Å². The summed E-state index contributed by atoms with van der Waals surface area (Å²) in [5.41, 5.74) is 0.725. The molecule has 2 rings (SSSR count). The molecule has 2 atom stereocenters. The molecule has 1 saturated carbocycles. The number of thiazole rings is 1. The fraction of sp³-hybridized carbons (Fsp3) is 0.692. The van der Waals surface area contributed by atoms with Crippen LogP contribution >= 0.6 is 11.3 Å². The van der Waals surface area contributed by atoms with Crippen molar-refractivity contribution < 1.29 is 14.6 Å². The van der Waals surface area contributed by atoms with Gasteiger partial charge in [-0.1, -0.05) is 13.8 Å². The van der Waals surface area contributed by atoms with Gasteiger partial charge in [-0.2, -0.15) is 0 Å². The zero-order chi connectivity index (χ0) is 13.1. The van der Waals surface area contributed by atoms with Gasteiger partial charge in [0.2, 0.25) is 5.01 Å². The van der Waals surface area contributed by atoms with Gasteiger partial charge in [-0.15, -0.1) is 11.3 Å². The van der Waals surface area contributed by atoms with Gasteiger partial charge in [0.1, 0.15) is 0 Å². The predicted molar refractivity (Wildman–Crippen MR) is 69.8 cm³/mol. The van der Waals surface area contributed by atoms with Gasteiger partial charge in [0, 0.05) is 5.38 Å². The minimum absolute atomic E-state index is 0.138. The number of aromatic carboxylic acids is 1. The third kappa shape index (κ3) is 3.53. The van der Waals surface area contributed by atoms with Crippen LogP contribution in [0.1, 0.15) is 48.6 Å². The number of carbonyl (C=O) groups is 1. The van der Waals surface area contributed by atoms with Crippen molar-refractivity contribution in [1.82, 2.24) is 4.98 Å². The lowest BCUT2D eigenvalue weighted by molar-refractivity contribution is -0.0103. The smallest absolute Gasteiger partial charge is 0.365 e. The number of ether oxygens (including phenoxy) is 1. The summed E-state index contributed by atoms with van der Waals surface area (Å²) in [5, 5.41) is 10.7. The maximum absolute atomic E-state index is 10.7. The van der Waals surface area contributed by atoms with E-state index in [0.717, 1.165) is 29.9 Å². The molecule has 0 amide bonds. The average Bonchev–Trinajstić information content (AvgIpc) is 2.73. The second-order valence-electron chi connectivity index (χ2n) is 5.30. The van der Waals surface area contributed by atoms with E-state index in [1.807, 2.05) is 0 Å². The SMILES string of the molecule is CC1CC(C)CC(OCc2csc(C(=O)O)n2)C1. The molecular formula is C13H19NO3S. The quantitative estimate of drug-likeness (QED) is 0.912. The molecule has 4 nitrogen and oxygen atoms in total. The molecule has 1 aromatic rings. The summed E-state index contributed by atoms with van der Waals surface area (Å²) >= 11 is 1.15. The molecule has 5 heteroatoms. The molecule has 1 aliphatic carbocycles. The maximum Gasteiger partial charge on any atom is 0.365 e. The standard InChI is InChI=1S/C13H19NO3S/c1-8-3-9(2)5-11(4-8)17-6-10-7-18-12(14-10)13(15)16/h7-9,11H,3-6H2,1-2H3,(H,15,16). The molecule has 0 spiro atoms. The molecule has 0 saturated heterocycles. The lowest BCUT2D eigenvalue weighted by Gasteiger charge is -2.31. The van der Waals surface area contributed by atoms with Crippen LogP contribution in [0.15, 0.2) is 5.38 Å². The summed E-state index contributed by atoms with van der Waals surface area (Å²) in [7, 11) is 0. The number of aromatic nitrogens is 1. The molecule has 0 aliphatic heterocycles. The number of rotatable bonds is 4. The fourth-order valence-electron chi connectivity index (χ4n) is 2.68. The summed E-state index contributed by atoms with van der Waals surface area (Å²) < 4.78 is 5.85. The number of carboxylic acids is 1. The van der Waals surface area contributed by atoms with E-state index in [4.69, 9.17) is 9.84 Å². The lowest BCUT2D eigenvalue weighted by atomic mass is 9.82. The Balaban J connectivity index is 1.85. The van der Waals surface area contributed by atoms with Crippen LogP contribution in [0.3, 0.4) is 0 Å². The highest BCUT2D eigenvalue weighted by Crippen LogP contribution is 2.30. The second kappa shape index (κ2) is 5.80. The third-order valence-corrected chi connectivity index (χ3v) is 4.22. The monoisotopic (exact) mass is 269 g/mol. The van der Waals surface area contributed by atoms with Crippen molar-refractivity contribution >= 4 is 17.3 Å². The zero-order valence-electron chi connectivity index (χ0n) is 10.8. The van der Waals surface area contributed by atoms with E-state index in [-0.39, 0.29) is 5.01 Å². The highest BCUT2D eigenvalue weighted by atomic mass is 32.1. The van der Waals surface area contributed by atoms with Gasteiger partial charge in [-0.05, 0) is 31.1 Å². The topological polar surface area (TPSA) is 59.4 Å². The summed E-state index contributed by atoms with van der Waals surface area (Å²) in [4.78, 5) is 14.7. The highest BCUT2D eigenvalue weighted by Gasteiger charge is 2.24. The molecule has 18 heavy (non-hydrogen) atoms. The first kappa shape index (κ1) is 13.5. The maximum atomic E-state index is 10.7. The van der Waals surface area contributed by atoms with E-state index in [0.29, 0.717) is 24.5 Å². The lowest BCUT2D eigenvalue weighted by Crippen LogP contribution is -2.26. The number of hydrogen-bond acceptors (Lipinski definition) is 4. The van der Waals surface area contributed by atoms with E-state index in [1.54, 1.807) is 5.38 Å². The van der Waals surface area contributed by atoms with Crippen molar-refractivity contribution in [2.24, 2.45) is 11.8 Å². The molecule has 1 aromatic heterocycles. The Morgan fingerprint density at radius 2 is 2.11 bits per heavy atom. The van der Waals surface area contributed by atoms with Crippen LogP contribution in [-0.4, -0.2) is 22.2 Å². The van der Waals surface area contributed by atoms with Crippen LogP contribution in [0.4, 0.5) is 0 Å². The summed E-state index contributed by atoms with van der Waals surface area (Å²) in [6, 6.07) is 0. The van der Waals surface area contributed by atoms with E-state index in [2.05, 4.69) is 18.8 Å². The van der Waals surface area contributed by atoms with Gasteiger partial charge in [-0.3, -0.25) is 0 Å². The first-order valence-corrected chi connectivity index (χ1v) is 7.22. The van der Waals surface area contributed by atoms with Crippen molar-refractivity contribution in [2.75, 3.05) is 0 Å². The largest absolute Gasteiger partial charge is 0.476 e. The van der Waals surface area contributed by atoms with Crippen LogP contribution in [0.5, 0.6) is 0 Å². The van der Waals surface area contributed by atoms with Crippen LogP contribution < -0.4 is 0 Å².